The van der Waals surface area contributed by atoms with E-state index in [1.165, 1.54) is 28.2 Å². The summed E-state index contributed by atoms with van der Waals surface area (Å²) in [7, 11) is -2.95. The second kappa shape index (κ2) is 7.63. The lowest BCUT2D eigenvalue weighted by Gasteiger charge is -2.31. The molecule has 1 fully saturated rings. The minimum Gasteiger partial charge on any atom is -0.376 e. The summed E-state index contributed by atoms with van der Waals surface area (Å²) in [5.74, 6) is 0. The molecule has 0 spiro atoms. The molecule has 1 aliphatic heterocycles. The molecule has 2 aromatic rings. The standard InChI is InChI=1S/C18H19N3O.H2O4S/c1-21-11-10-16(20-18(21)22)17-14-8-3-2-6-12(14)13-7-4-5-9-15(13)19-17;1-5(2,3)4/h2-3,6,8,10-11,15,19H,4-5,7,9H2,1H3;(H2,1,2,3,4). The first-order valence-electron chi connectivity index (χ1n) is 8.57. The van der Waals surface area contributed by atoms with Crippen LogP contribution in [-0.2, 0) is 17.4 Å². The van der Waals surface area contributed by atoms with Gasteiger partial charge in [-0.05, 0) is 36.1 Å². The Bertz CT molecular complexity index is 1130. The van der Waals surface area contributed by atoms with Gasteiger partial charge in [0.05, 0.1) is 11.4 Å². The Kier molecular flexibility index (Phi) is 5.45. The van der Waals surface area contributed by atoms with Crippen molar-refractivity contribution < 1.29 is 17.5 Å². The molecule has 1 aliphatic carbocycles. The molecule has 0 bridgehead atoms. The number of hydrogen-bond donors (Lipinski definition) is 3. The predicted octanol–water partition coefficient (Wildman–Crippen LogP) is -0.0195. The molecule has 0 saturated heterocycles. The fourth-order valence-electron chi connectivity index (χ4n) is 3.54. The summed E-state index contributed by atoms with van der Waals surface area (Å²) >= 11 is 0. The van der Waals surface area contributed by atoms with Crippen molar-refractivity contribution in [2.45, 2.75) is 31.7 Å². The van der Waals surface area contributed by atoms with E-state index in [0.29, 0.717) is 6.04 Å². The zero-order chi connectivity index (χ0) is 19.6. The Morgan fingerprint density at radius 3 is 2.48 bits per heavy atom. The third-order valence-electron chi connectivity index (χ3n) is 4.70. The summed E-state index contributed by atoms with van der Waals surface area (Å²) in [6.45, 7) is 0. The number of rotatable bonds is 1. The fraction of sp³-hybridized carbons (Fsp3) is 0.333. The Morgan fingerprint density at radius 1 is 1.15 bits per heavy atom. The van der Waals surface area contributed by atoms with Gasteiger partial charge in [-0.15, -0.1) is 0 Å². The normalized spacial score (nSPS) is 18.6. The Labute approximate surface area is 156 Å². The van der Waals surface area contributed by atoms with Crippen molar-refractivity contribution in [2.75, 3.05) is 0 Å². The van der Waals surface area contributed by atoms with Gasteiger partial charge in [-0.2, -0.15) is 13.4 Å². The third kappa shape index (κ3) is 4.62. The average molecular weight is 391 g/mol. The van der Waals surface area contributed by atoms with Crippen LogP contribution < -0.4 is 21.4 Å². The largest absolute Gasteiger partial charge is 0.394 e. The number of nitrogens with one attached hydrogen (secondary N) is 1. The molecule has 144 valence electrons. The highest BCUT2D eigenvalue weighted by atomic mass is 32.3. The van der Waals surface area contributed by atoms with Crippen molar-refractivity contribution in [1.82, 2.24) is 14.9 Å². The second-order valence-electron chi connectivity index (χ2n) is 6.54. The molecule has 0 amide bonds. The van der Waals surface area contributed by atoms with E-state index in [9.17, 15) is 4.79 Å². The van der Waals surface area contributed by atoms with Crippen molar-refractivity contribution in [2.24, 2.45) is 7.05 Å². The van der Waals surface area contributed by atoms with Crippen molar-refractivity contribution in [3.63, 3.8) is 0 Å². The average Bonchev–Trinajstić information content (AvgIpc) is 2.62. The van der Waals surface area contributed by atoms with Gasteiger partial charge < -0.3 is 9.88 Å². The summed E-state index contributed by atoms with van der Waals surface area (Å²) in [5.41, 5.74) is 3.02. The quantitative estimate of drug-likeness (QED) is 0.584. The van der Waals surface area contributed by atoms with Crippen LogP contribution in [0.1, 0.15) is 31.4 Å². The lowest BCUT2D eigenvalue weighted by molar-refractivity contribution is 0.381. The van der Waals surface area contributed by atoms with E-state index in [1.807, 2.05) is 12.1 Å². The lowest BCUT2D eigenvalue weighted by atomic mass is 9.85. The minimum absolute atomic E-state index is 0.220. The molecule has 1 aromatic carbocycles. The highest BCUT2D eigenvalue weighted by molar-refractivity contribution is 7.79. The number of nitrogens with zero attached hydrogens (tertiary/aromatic N) is 2. The number of hydrogen-bond acceptors (Lipinski definition) is 5. The van der Waals surface area contributed by atoms with Crippen LogP contribution in [0, 0.1) is 0 Å². The molecule has 4 rings (SSSR count). The van der Waals surface area contributed by atoms with Crippen LogP contribution in [0.25, 0.3) is 11.3 Å². The monoisotopic (exact) mass is 391 g/mol. The van der Waals surface area contributed by atoms with Crippen molar-refractivity contribution in [3.8, 4) is 0 Å². The zero-order valence-corrected chi connectivity index (χ0v) is 15.6. The van der Waals surface area contributed by atoms with E-state index >= 15 is 0 Å². The van der Waals surface area contributed by atoms with Crippen LogP contribution in [0.15, 0.2) is 41.3 Å². The van der Waals surface area contributed by atoms with Crippen LogP contribution >= 0.6 is 0 Å². The van der Waals surface area contributed by atoms with Gasteiger partial charge in [-0.3, -0.25) is 9.11 Å². The second-order valence-corrected chi connectivity index (χ2v) is 7.44. The summed E-state index contributed by atoms with van der Waals surface area (Å²) in [6.07, 6.45) is 6.61. The summed E-state index contributed by atoms with van der Waals surface area (Å²) in [5, 5.41) is 6.13. The van der Waals surface area contributed by atoms with E-state index in [4.69, 9.17) is 17.5 Å². The van der Waals surface area contributed by atoms with Gasteiger partial charge in [-0.1, -0.05) is 30.7 Å². The first kappa shape index (κ1) is 19.3. The summed E-state index contributed by atoms with van der Waals surface area (Å²) in [4.78, 5) is 16.1. The third-order valence-corrected chi connectivity index (χ3v) is 4.70. The van der Waals surface area contributed by atoms with Crippen LogP contribution in [0.4, 0.5) is 0 Å². The number of aromatic nitrogens is 2. The van der Waals surface area contributed by atoms with E-state index in [2.05, 4.69) is 28.5 Å². The van der Waals surface area contributed by atoms with Gasteiger partial charge >= 0.3 is 16.1 Å². The molecule has 1 saturated carbocycles. The van der Waals surface area contributed by atoms with Gasteiger partial charge in [0.25, 0.3) is 0 Å². The molecular weight excluding hydrogens is 370 g/mol. The number of aryl methyl sites for hydroxylation is 1. The van der Waals surface area contributed by atoms with Crippen LogP contribution in [0.2, 0.25) is 0 Å². The van der Waals surface area contributed by atoms with E-state index in [1.54, 1.807) is 13.2 Å². The molecule has 0 radical (unpaired) electrons. The minimum atomic E-state index is -4.67. The Hall–Kier alpha value is -2.49. The van der Waals surface area contributed by atoms with Gasteiger partial charge in [0, 0.05) is 24.5 Å². The van der Waals surface area contributed by atoms with Crippen LogP contribution in [-0.4, -0.2) is 33.1 Å². The molecule has 1 atom stereocenters. The molecule has 1 unspecified atom stereocenters. The molecular formula is C18H21N3O5S. The summed E-state index contributed by atoms with van der Waals surface area (Å²) in [6, 6.07) is 10.8. The lowest BCUT2D eigenvalue weighted by Crippen LogP contribution is -2.47. The molecule has 27 heavy (non-hydrogen) atoms. The zero-order valence-electron chi connectivity index (χ0n) is 14.8. The Morgan fingerprint density at radius 2 is 1.81 bits per heavy atom. The maximum Gasteiger partial charge on any atom is 0.394 e. The topological polar surface area (TPSA) is 122 Å². The smallest absolute Gasteiger partial charge is 0.376 e. The number of benzene rings is 1. The van der Waals surface area contributed by atoms with Gasteiger partial charge in [0.2, 0.25) is 0 Å². The van der Waals surface area contributed by atoms with Crippen molar-refractivity contribution >= 4 is 21.7 Å². The first-order valence-corrected chi connectivity index (χ1v) is 9.96. The highest BCUT2D eigenvalue weighted by Gasteiger charge is 2.24. The molecule has 2 heterocycles. The maximum absolute atomic E-state index is 11.9. The molecule has 3 N–H and O–H groups in total. The predicted molar refractivity (Wildman–Crippen MR) is 101 cm³/mol. The maximum atomic E-state index is 11.9. The fourth-order valence-corrected chi connectivity index (χ4v) is 3.54. The van der Waals surface area contributed by atoms with Gasteiger partial charge in [0.15, 0.2) is 0 Å². The van der Waals surface area contributed by atoms with E-state index in [-0.39, 0.29) is 5.69 Å². The van der Waals surface area contributed by atoms with Crippen molar-refractivity contribution in [1.29, 1.82) is 0 Å². The van der Waals surface area contributed by atoms with Gasteiger partial charge in [-0.25, -0.2) is 4.79 Å². The van der Waals surface area contributed by atoms with E-state index in [0.717, 1.165) is 29.5 Å². The van der Waals surface area contributed by atoms with Gasteiger partial charge in [0.1, 0.15) is 0 Å². The first-order chi connectivity index (χ1) is 12.7. The Balaban J connectivity index is 0.000000376. The highest BCUT2D eigenvalue weighted by Crippen LogP contribution is 2.26. The SMILES string of the molecule is Cn1ccc(C2=c3ccccc3=C3CCCCC3N2)nc1=O.O=S(=O)(O)O. The molecule has 2 aliphatic rings. The number of fused-ring (bicyclic) bond motifs is 2. The molecule has 1 aromatic heterocycles. The van der Waals surface area contributed by atoms with Crippen LogP contribution in [0.5, 0.6) is 0 Å². The van der Waals surface area contributed by atoms with E-state index < -0.39 is 10.4 Å². The van der Waals surface area contributed by atoms with Crippen molar-refractivity contribution in [3.05, 3.63) is 63.1 Å². The molecule has 8 nitrogen and oxygen atoms in total. The molecule has 9 heteroatoms. The van der Waals surface area contributed by atoms with Crippen LogP contribution in [0.3, 0.4) is 0 Å². The summed E-state index contributed by atoms with van der Waals surface area (Å²) < 4.78 is 33.1.